The van der Waals surface area contributed by atoms with Crippen LogP contribution in [0.15, 0.2) is 53.6 Å². The number of fused-ring (bicyclic) bond motifs is 3. The maximum Gasteiger partial charge on any atom is 0.326 e. The molecule has 328 valence electrons. The zero-order chi connectivity index (χ0) is 44.4. The lowest BCUT2D eigenvalue weighted by atomic mass is 9.98. The molecule has 12 N–H and O–H groups in total. The minimum atomic E-state index is -1.68. The van der Waals surface area contributed by atoms with Gasteiger partial charge in [0.05, 0.1) is 42.2 Å². The Balaban J connectivity index is 1.48. The van der Waals surface area contributed by atoms with Crippen LogP contribution in [0.25, 0.3) is 10.9 Å². The van der Waals surface area contributed by atoms with Crippen LogP contribution in [-0.2, 0) is 51.4 Å². The average Bonchev–Trinajstić information content (AvgIpc) is 3.80. The van der Waals surface area contributed by atoms with Crippen LogP contribution in [0.5, 0.6) is 5.75 Å². The SMILES string of the molecule is CC[C@H](C)[C@@H]1NC(=O)CNC(=O)[C@H](N)Cc2c([nH]c3cc(OCc4ccccc4)ccc23)SC[C@H](C(=O)NC(CC(N)=O)C(=O)N2C[C@H](O)C[C@H]2C(=O)O)NC(=O)CNC1=O. The van der Waals surface area contributed by atoms with E-state index >= 15 is 0 Å². The number of carboxylic acid groups (broad SMARTS) is 1. The number of primary amides is 1. The molecule has 61 heavy (non-hydrogen) atoms. The number of likely N-dealkylation sites (tertiary alicyclic amines) is 1. The second-order valence-electron chi connectivity index (χ2n) is 15.0. The molecular formula is C40H51N9O11S. The molecule has 3 heterocycles. The molecule has 3 aromatic rings. The number of amides is 7. The van der Waals surface area contributed by atoms with Gasteiger partial charge in [-0.25, -0.2) is 4.79 Å². The molecule has 0 radical (unpaired) electrons. The zero-order valence-electron chi connectivity index (χ0n) is 33.6. The average molecular weight is 866 g/mol. The van der Waals surface area contributed by atoms with Gasteiger partial charge in [0, 0.05) is 30.2 Å². The van der Waals surface area contributed by atoms with E-state index in [4.69, 9.17) is 16.2 Å². The summed E-state index contributed by atoms with van der Waals surface area (Å²) in [5, 5.41) is 33.5. The Morgan fingerprint density at radius 3 is 2.36 bits per heavy atom. The summed E-state index contributed by atoms with van der Waals surface area (Å²) in [7, 11) is 0. The molecule has 5 rings (SSSR count). The maximum atomic E-state index is 14.1. The zero-order valence-corrected chi connectivity index (χ0v) is 34.4. The third-order valence-corrected chi connectivity index (χ3v) is 11.6. The molecule has 0 saturated carbocycles. The number of hydrogen-bond acceptors (Lipinski definition) is 12. The first-order valence-corrected chi connectivity index (χ1v) is 20.7. The summed E-state index contributed by atoms with van der Waals surface area (Å²) in [6.45, 7) is 2.30. The van der Waals surface area contributed by atoms with Crippen molar-refractivity contribution in [2.24, 2.45) is 17.4 Å². The number of H-pyrrole nitrogens is 1. The van der Waals surface area contributed by atoms with E-state index in [2.05, 4.69) is 31.6 Å². The number of nitrogens with zero attached hydrogens (tertiary/aromatic N) is 1. The molecular weight excluding hydrogens is 815 g/mol. The van der Waals surface area contributed by atoms with Gasteiger partial charge in [-0.2, -0.15) is 0 Å². The summed E-state index contributed by atoms with van der Waals surface area (Å²) in [6, 6.07) is 7.91. The van der Waals surface area contributed by atoms with E-state index in [1.807, 2.05) is 30.3 Å². The Bertz CT molecular complexity index is 2130. The van der Waals surface area contributed by atoms with E-state index in [0.29, 0.717) is 33.7 Å². The number of aromatic amines is 1. The molecule has 1 aromatic heterocycles. The standard InChI is InChI=1S/C40H51N9O11S/c1-3-20(2)34-37(56)44-15-32(52)45-29(36(55)46-28(14-31(42)51)39(57)49-17-22(50)11-30(49)40(58)59)19-61-38-25(13-26(41)35(54)43-16-33(53)48-34)24-10-9-23(12-27(24)47-38)60-18-21-7-5-4-6-8-21/h4-10,12,20,22,26,28-30,34,47,50H,3,11,13-19,41H2,1-2H3,(H2,42,51)(H,43,54)(H,44,56)(H,45,52)(H,46,55)(H,48,53)(H,58,59)/t20-,22+,26+,28?,29+,30-,34-/m0/s1. The first kappa shape index (κ1) is 45.9. The highest BCUT2D eigenvalue weighted by molar-refractivity contribution is 7.99. The van der Waals surface area contributed by atoms with Crippen molar-refractivity contribution in [2.45, 2.75) is 87.5 Å². The second kappa shape index (κ2) is 20.9. The number of rotatable bonds is 11. The summed E-state index contributed by atoms with van der Waals surface area (Å²) >= 11 is 1.05. The molecule has 2 aromatic carbocycles. The predicted molar refractivity (Wildman–Crippen MR) is 220 cm³/mol. The van der Waals surface area contributed by atoms with Gasteiger partial charge in [0.15, 0.2) is 0 Å². The Morgan fingerprint density at radius 2 is 1.69 bits per heavy atom. The van der Waals surface area contributed by atoms with Gasteiger partial charge < -0.3 is 62.9 Å². The van der Waals surface area contributed by atoms with Crippen molar-refractivity contribution < 1.29 is 53.3 Å². The number of carbonyl (C=O) groups excluding carboxylic acids is 7. The highest BCUT2D eigenvalue weighted by atomic mass is 32.2. The van der Waals surface area contributed by atoms with Crippen molar-refractivity contribution in [1.82, 2.24) is 36.5 Å². The Morgan fingerprint density at radius 1 is 1.00 bits per heavy atom. The molecule has 2 aliphatic heterocycles. The van der Waals surface area contributed by atoms with Crippen LogP contribution in [0.3, 0.4) is 0 Å². The smallest absolute Gasteiger partial charge is 0.326 e. The molecule has 1 saturated heterocycles. The van der Waals surface area contributed by atoms with E-state index < -0.39 is 109 Å². The van der Waals surface area contributed by atoms with Gasteiger partial charge in [0.1, 0.15) is 36.5 Å². The van der Waals surface area contributed by atoms with Crippen LogP contribution in [0.2, 0.25) is 0 Å². The summed E-state index contributed by atoms with van der Waals surface area (Å²) in [6.07, 6.45) is -1.78. The number of carboxylic acids is 1. The minimum absolute atomic E-state index is 0.0528. The molecule has 7 amide bonds. The molecule has 1 unspecified atom stereocenters. The summed E-state index contributed by atoms with van der Waals surface area (Å²) in [5.74, 6) is -7.34. The summed E-state index contributed by atoms with van der Waals surface area (Å²) < 4.78 is 6.02. The monoisotopic (exact) mass is 865 g/mol. The molecule has 0 spiro atoms. The molecule has 7 atom stereocenters. The van der Waals surface area contributed by atoms with Crippen LogP contribution < -0.4 is 42.8 Å². The lowest BCUT2D eigenvalue weighted by Gasteiger charge is -2.28. The van der Waals surface area contributed by atoms with E-state index in [1.54, 1.807) is 32.0 Å². The lowest BCUT2D eigenvalue weighted by molar-refractivity contribution is -0.149. The highest BCUT2D eigenvalue weighted by Gasteiger charge is 2.42. The summed E-state index contributed by atoms with van der Waals surface area (Å²) in [4.78, 5) is 109. The largest absolute Gasteiger partial charge is 0.489 e. The summed E-state index contributed by atoms with van der Waals surface area (Å²) in [5.41, 5.74) is 13.9. The molecule has 1 fully saturated rings. The van der Waals surface area contributed by atoms with Gasteiger partial charge in [-0.05, 0) is 35.6 Å². The topological polar surface area (TPSA) is 317 Å². The number of hydrogen-bond donors (Lipinski definition) is 10. The molecule has 0 aliphatic carbocycles. The van der Waals surface area contributed by atoms with Crippen molar-refractivity contribution in [2.75, 3.05) is 25.4 Å². The highest BCUT2D eigenvalue weighted by Crippen LogP contribution is 2.33. The number of aliphatic hydroxyl groups is 1. The van der Waals surface area contributed by atoms with E-state index in [1.165, 1.54) is 0 Å². The lowest BCUT2D eigenvalue weighted by Crippen LogP contribution is -2.58. The Labute approximate surface area is 354 Å². The molecule has 20 nitrogen and oxygen atoms in total. The van der Waals surface area contributed by atoms with Crippen molar-refractivity contribution in [3.63, 3.8) is 0 Å². The fraction of sp³-hybridized carbons (Fsp3) is 0.450. The number of thioether (sulfide) groups is 1. The number of nitrogens with two attached hydrogens (primary N) is 2. The number of aliphatic carboxylic acids is 1. The van der Waals surface area contributed by atoms with Gasteiger partial charge in [-0.3, -0.25) is 33.6 Å². The van der Waals surface area contributed by atoms with Crippen LogP contribution in [0, 0.1) is 5.92 Å². The van der Waals surface area contributed by atoms with Crippen LogP contribution in [0.4, 0.5) is 0 Å². The fourth-order valence-corrected chi connectivity index (χ4v) is 8.06. The first-order valence-electron chi connectivity index (χ1n) is 19.7. The Hall–Kier alpha value is -6.19. The number of carbonyl (C=O) groups is 8. The van der Waals surface area contributed by atoms with Gasteiger partial charge in [0.2, 0.25) is 41.4 Å². The van der Waals surface area contributed by atoms with Gasteiger partial charge in [0.25, 0.3) is 0 Å². The van der Waals surface area contributed by atoms with E-state index in [-0.39, 0.29) is 31.7 Å². The minimum Gasteiger partial charge on any atom is -0.489 e. The molecule has 21 heteroatoms. The quantitative estimate of drug-likeness (QED) is 0.104. The van der Waals surface area contributed by atoms with Gasteiger partial charge in [-0.15, -0.1) is 11.8 Å². The van der Waals surface area contributed by atoms with Crippen molar-refractivity contribution in [3.05, 3.63) is 59.7 Å². The fourth-order valence-electron chi connectivity index (χ4n) is 6.94. The van der Waals surface area contributed by atoms with Crippen LogP contribution in [0.1, 0.15) is 44.2 Å². The Kier molecular flexibility index (Phi) is 15.7. The molecule has 2 aliphatic rings. The number of nitrogens with one attached hydrogen (secondary N) is 6. The molecule has 0 bridgehead atoms. The van der Waals surface area contributed by atoms with Gasteiger partial charge >= 0.3 is 5.97 Å². The number of β-amino-alcohol motifs (C(OH)–C–C–N with tert-alkyl or cyclic N) is 1. The third kappa shape index (κ3) is 12.2. The number of benzene rings is 2. The number of aliphatic hydroxyl groups excluding tert-OH is 1. The number of ether oxygens (including phenoxy) is 1. The van der Waals surface area contributed by atoms with E-state index in [9.17, 15) is 48.6 Å². The van der Waals surface area contributed by atoms with Crippen molar-refractivity contribution >= 4 is 70.0 Å². The predicted octanol–water partition coefficient (Wildman–Crippen LogP) is -1.62. The van der Waals surface area contributed by atoms with Crippen molar-refractivity contribution in [1.29, 1.82) is 0 Å². The normalized spacial score (nSPS) is 22.9. The van der Waals surface area contributed by atoms with E-state index in [0.717, 1.165) is 22.2 Å². The third-order valence-electron chi connectivity index (χ3n) is 10.4. The van der Waals surface area contributed by atoms with Crippen molar-refractivity contribution in [3.8, 4) is 5.75 Å². The van der Waals surface area contributed by atoms with Gasteiger partial charge in [-0.1, -0.05) is 50.6 Å². The van der Waals surface area contributed by atoms with Crippen LogP contribution in [-0.4, -0.2) is 129 Å². The number of aromatic nitrogens is 1. The second-order valence-corrected chi connectivity index (χ2v) is 16.0. The maximum absolute atomic E-state index is 14.1. The first-order chi connectivity index (χ1) is 29.0. The van der Waals surface area contributed by atoms with Crippen LogP contribution >= 0.6 is 11.8 Å².